The fourth-order valence-electron chi connectivity index (χ4n) is 1.90. The van der Waals surface area contributed by atoms with E-state index in [9.17, 15) is 0 Å². The van der Waals surface area contributed by atoms with E-state index in [-0.39, 0.29) is 0 Å². The average molecular weight is 176 g/mol. The van der Waals surface area contributed by atoms with Crippen LogP contribution in [0.15, 0.2) is 18.2 Å². The molecule has 2 heterocycles. The van der Waals surface area contributed by atoms with E-state index in [0.29, 0.717) is 6.04 Å². The Labute approximate surface area is 79.4 Å². The second kappa shape index (κ2) is 3.46. The van der Waals surface area contributed by atoms with Crippen LogP contribution in [0.1, 0.15) is 30.8 Å². The maximum Gasteiger partial charge on any atom is 0.0576 e. The first-order valence-corrected chi connectivity index (χ1v) is 4.92. The SMILES string of the molecule is Cc1cccc([C@H]2C[C@H](C)CN2)n1. The van der Waals surface area contributed by atoms with Crippen molar-refractivity contribution in [1.29, 1.82) is 0 Å². The highest BCUT2D eigenvalue weighted by Crippen LogP contribution is 2.25. The highest BCUT2D eigenvalue weighted by atomic mass is 15.0. The van der Waals surface area contributed by atoms with Crippen molar-refractivity contribution in [2.75, 3.05) is 6.54 Å². The summed E-state index contributed by atoms with van der Waals surface area (Å²) in [5.74, 6) is 0.785. The van der Waals surface area contributed by atoms with Gasteiger partial charge < -0.3 is 5.32 Å². The number of rotatable bonds is 1. The molecule has 1 fully saturated rings. The fraction of sp³-hybridized carbons (Fsp3) is 0.545. The summed E-state index contributed by atoms with van der Waals surface area (Å²) in [4.78, 5) is 4.53. The molecule has 2 nitrogen and oxygen atoms in total. The first kappa shape index (κ1) is 8.70. The van der Waals surface area contributed by atoms with Gasteiger partial charge in [-0.3, -0.25) is 4.98 Å². The molecular weight excluding hydrogens is 160 g/mol. The fourth-order valence-corrected chi connectivity index (χ4v) is 1.90. The van der Waals surface area contributed by atoms with Crippen molar-refractivity contribution in [1.82, 2.24) is 10.3 Å². The maximum absolute atomic E-state index is 4.53. The number of hydrogen-bond acceptors (Lipinski definition) is 2. The molecule has 2 atom stereocenters. The van der Waals surface area contributed by atoms with Crippen molar-refractivity contribution < 1.29 is 0 Å². The van der Waals surface area contributed by atoms with Crippen LogP contribution in [-0.4, -0.2) is 11.5 Å². The largest absolute Gasteiger partial charge is 0.308 e. The Kier molecular flexibility index (Phi) is 2.32. The molecule has 0 aromatic carbocycles. The molecule has 0 aliphatic carbocycles. The van der Waals surface area contributed by atoms with Gasteiger partial charge in [-0.25, -0.2) is 0 Å². The molecule has 0 saturated carbocycles. The van der Waals surface area contributed by atoms with Crippen LogP contribution in [0.2, 0.25) is 0 Å². The molecule has 0 amide bonds. The van der Waals surface area contributed by atoms with Crippen LogP contribution >= 0.6 is 0 Å². The van der Waals surface area contributed by atoms with Gasteiger partial charge in [0.25, 0.3) is 0 Å². The molecule has 70 valence electrons. The summed E-state index contributed by atoms with van der Waals surface area (Å²) in [5, 5.41) is 3.49. The number of nitrogens with one attached hydrogen (secondary N) is 1. The predicted molar refractivity (Wildman–Crippen MR) is 53.5 cm³/mol. The van der Waals surface area contributed by atoms with Crippen molar-refractivity contribution in [3.63, 3.8) is 0 Å². The third-order valence-corrected chi connectivity index (χ3v) is 2.62. The Bertz CT molecular complexity index is 296. The molecule has 13 heavy (non-hydrogen) atoms. The predicted octanol–water partition coefficient (Wildman–Crippen LogP) is 2.06. The van der Waals surface area contributed by atoms with Crippen molar-refractivity contribution in [3.05, 3.63) is 29.6 Å². The zero-order valence-corrected chi connectivity index (χ0v) is 8.25. The smallest absolute Gasteiger partial charge is 0.0576 e. The lowest BCUT2D eigenvalue weighted by molar-refractivity contribution is 0.598. The summed E-state index contributed by atoms with van der Waals surface area (Å²) in [6.07, 6.45) is 1.22. The molecule has 1 aromatic rings. The molecule has 0 unspecified atom stereocenters. The third kappa shape index (κ3) is 1.89. The third-order valence-electron chi connectivity index (χ3n) is 2.62. The van der Waals surface area contributed by atoms with Gasteiger partial charge in [0, 0.05) is 11.7 Å². The molecule has 0 radical (unpaired) electrons. The van der Waals surface area contributed by atoms with E-state index in [0.717, 1.165) is 18.2 Å². The zero-order valence-electron chi connectivity index (χ0n) is 8.25. The Morgan fingerprint density at radius 3 is 2.92 bits per heavy atom. The van der Waals surface area contributed by atoms with Crippen LogP contribution in [0.3, 0.4) is 0 Å². The lowest BCUT2D eigenvalue weighted by Gasteiger charge is -2.09. The highest BCUT2D eigenvalue weighted by Gasteiger charge is 2.22. The minimum absolute atomic E-state index is 0.481. The molecular formula is C11H16N2. The number of aromatic nitrogens is 1. The first-order valence-electron chi connectivity index (χ1n) is 4.92. The van der Waals surface area contributed by atoms with Crippen LogP contribution in [0.5, 0.6) is 0 Å². The molecule has 2 heteroatoms. The molecule has 1 N–H and O–H groups in total. The van der Waals surface area contributed by atoms with Gasteiger partial charge in [0.05, 0.1) is 5.69 Å². The van der Waals surface area contributed by atoms with Gasteiger partial charge in [-0.1, -0.05) is 13.0 Å². The second-order valence-electron chi connectivity index (χ2n) is 4.01. The van der Waals surface area contributed by atoms with Gasteiger partial charge in [-0.15, -0.1) is 0 Å². The lowest BCUT2D eigenvalue weighted by Crippen LogP contribution is -2.14. The quantitative estimate of drug-likeness (QED) is 0.708. The highest BCUT2D eigenvalue weighted by molar-refractivity contribution is 5.14. The van der Waals surface area contributed by atoms with Crippen molar-refractivity contribution in [2.24, 2.45) is 5.92 Å². The molecule has 0 bridgehead atoms. The normalized spacial score (nSPS) is 27.8. The van der Waals surface area contributed by atoms with Crippen LogP contribution in [-0.2, 0) is 0 Å². The minimum atomic E-state index is 0.481. The average Bonchev–Trinajstić information content (AvgIpc) is 2.52. The van der Waals surface area contributed by atoms with Crippen LogP contribution in [0.25, 0.3) is 0 Å². The summed E-state index contributed by atoms with van der Waals surface area (Å²) in [6.45, 7) is 5.45. The van der Waals surface area contributed by atoms with E-state index in [2.05, 4.69) is 29.4 Å². The van der Waals surface area contributed by atoms with Crippen molar-refractivity contribution >= 4 is 0 Å². The van der Waals surface area contributed by atoms with E-state index in [4.69, 9.17) is 0 Å². The molecule has 0 spiro atoms. The van der Waals surface area contributed by atoms with E-state index >= 15 is 0 Å². The van der Waals surface area contributed by atoms with Crippen LogP contribution < -0.4 is 5.32 Å². The monoisotopic (exact) mass is 176 g/mol. The van der Waals surface area contributed by atoms with Gasteiger partial charge in [0.2, 0.25) is 0 Å². The number of hydrogen-bond donors (Lipinski definition) is 1. The Morgan fingerprint density at radius 2 is 2.31 bits per heavy atom. The Morgan fingerprint density at radius 1 is 1.46 bits per heavy atom. The summed E-state index contributed by atoms with van der Waals surface area (Å²) in [5.41, 5.74) is 2.31. The van der Waals surface area contributed by atoms with Crippen LogP contribution in [0.4, 0.5) is 0 Å². The summed E-state index contributed by atoms with van der Waals surface area (Å²) in [7, 11) is 0. The standard InChI is InChI=1S/C11H16N2/c1-8-6-11(12-7-8)10-5-3-4-9(2)13-10/h3-5,8,11-12H,6-7H2,1-2H3/t8-,11+/m0/s1. The van der Waals surface area contributed by atoms with Crippen LogP contribution in [0, 0.1) is 12.8 Å². The van der Waals surface area contributed by atoms with Gasteiger partial charge >= 0.3 is 0 Å². The zero-order chi connectivity index (χ0) is 9.26. The molecule has 1 aliphatic heterocycles. The summed E-state index contributed by atoms with van der Waals surface area (Å²) in [6, 6.07) is 6.72. The Hall–Kier alpha value is -0.890. The first-order chi connectivity index (χ1) is 6.25. The van der Waals surface area contributed by atoms with E-state index < -0.39 is 0 Å². The number of pyridine rings is 1. The number of aryl methyl sites for hydroxylation is 1. The van der Waals surface area contributed by atoms with E-state index in [1.54, 1.807) is 0 Å². The minimum Gasteiger partial charge on any atom is -0.308 e. The van der Waals surface area contributed by atoms with Crippen molar-refractivity contribution in [2.45, 2.75) is 26.3 Å². The van der Waals surface area contributed by atoms with Gasteiger partial charge in [-0.05, 0) is 37.9 Å². The van der Waals surface area contributed by atoms with Crippen molar-refractivity contribution in [3.8, 4) is 0 Å². The topological polar surface area (TPSA) is 24.9 Å². The van der Waals surface area contributed by atoms with Gasteiger partial charge in [0.15, 0.2) is 0 Å². The molecule has 2 rings (SSSR count). The lowest BCUT2D eigenvalue weighted by atomic mass is 10.1. The van der Waals surface area contributed by atoms with E-state index in [1.165, 1.54) is 12.1 Å². The maximum atomic E-state index is 4.53. The number of nitrogens with zero attached hydrogens (tertiary/aromatic N) is 1. The Balaban J connectivity index is 2.16. The van der Waals surface area contributed by atoms with Gasteiger partial charge in [-0.2, -0.15) is 0 Å². The molecule has 1 aliphatic rings. The summed E-state index contributed by atoms with van der Waals surface area (Å²) >= 11 is 0. The van der Waals surface area contributed by atoms with Gasteiger partial charge in [0.1, 0.15) is 0 Å². The van der Waals surface area contributed by atoms with E-state index in [1.807, 2.05) is 13.0 Å². The summed E-state index contributed by atoms with van der Waals surface area (Å²) < 4.78 is 0. The molecule has 1 aromatic heterocycles. The molecule has 1 saturated heterocycles. The second-order valence-corrected chi connectivity index (χ2v) is 4.01.